The van der Waals surface area contributed by atoms with Gasteiger partial charge in [-0.15, -0.1) is 0 Å². The summed E-state index contributed by atoms with van der Waals surface area (Å²) in [5.74, 6) is 0.648. The Morgan fingerprint density at radius 3 is 2.00 bits per heavy atom. The molecular weight excluding hydrogens is 160 g/mol. The molecule has 1 radical (unpaired) electrons. The van der Waals surface area contributed by atoms with Crippen molar-refractivity contribution in [1.29, 1.82) is 0 Å². The minimum atomic E-state index is 0.648. The van der Waals surface area contributed by atoms with Crippen LogP contribution in [-0.4, -0.2) is 12.4 Å². The monoisotopic (exact) mass is 177 g/mol. The number of aliphatic imine (C=N–C) groups is 2. The molecule has 0 aromatic rings. The summed E-state index contributed by atoms with van der Waals surface area (Å²) in [6.45, 7) is 0. The van der Waals surface area contributed by atoms with E-state index in [9.17, 15) is 0 Å². The van der Waals surface area contributed by atoms with Crippen molar-refractivity contribution in [2.24, 2.45) is 15.9 Å². The Bertz CT molecular complexity index is 188. The number of hydrogen-bond acceptors (Lipinski definition) is 2. The third kappa shape index (κ3) is 2.39. The molecule has 2 heteroatoms. The molecule has 13 heavy (non-hydrogen) atoms. The highest BCUT2D eigenvalue weighted by Gasteiger charge is 2.22. The van der Waals surface area contributed by atoms with Crippen LogP contribution in [0.25, 0.3) is 0 Å². The molecule has 1 aliphatic carbocycles. The Morgan fingerprint density at radius 1 is 0.846 bits per heavy atom. The highest BCUT2D eigenvalue weighted by atomic mass is 15.0. The first-order valence-electron chi connectivity index (χ1n) is 5.40. The fourth-order valence-corrected chi connectivity index (χ4v) is 2.18. The van der Waals surface area contributed by atoms with Gasteiger partial charge in [-0.3, -0.25) is 9.98 Å². The van der Waals surface area contributed by atoms with Gasteiger partial charge in [0.25, 0.3) is 0 Å². The quantitative estimate of drug-likeness (QED) is 0.588. The molecule has 1 aliphatic heterocycles. The summed E-state index contributed by atoms with van der Waals surface area (Å²) in [4.78, 5) is 8.60. The van der Waals surface area contributed by atoms with Crippen molar-refractivity contribution in [2.75, 3.05) is 0 Å². The second kappa shape index (κ2) is 4.54. The van der Waals surface area contributed by atoms with E-state index in [0.29, 0.717) is 5.92 Å². The maximum Gasteiger partial charge on any atom is 0.197 e. The third-order valence-corrected chi connectivity index (χ3v) is 2.95. The maximum absolute atomic E-state index is 4.30. The molecule has 1 saturated carbocycles. The fraction of sp³-hybridized carbons (Fsp3) is 0.727. The van der Waals surface area contributed by atoms with E-state index in [4.69, 9.17) is 0 Å². The van der Waals surface area contributed by atoms with E-state index in [-0.39, 0.29) is 0 Å². The largest absolute Gasteiger partial charge is 0.257 e. The second-order valence-corrected chi connectivity index (χ2v) is 3.96. The van der Waals surface area contributed by atoms with Gasteiger partial charge in [0.2, 0.25) is 0 Å². The van der Waals surface area contributed by atoms with Crippen LogP contribution in [0.1, 0.15) is 44.9 Å². The topological polar surface area (TPSA) is 24.7 Å². The summed E-state index contributed by atoms with van der Waals surface area (Å²) < 4.78 is 0. The van der Waals surface area contributed by atoms with Gasteiger partial charge < -0.3 is 0 Å². The van der Waals surface area contributed by atoms with Gasteiger partial charge in [0.05, 0.1) is 0 Å². The Hall–Kier alpha value is -0.660. The van der Waals surface area contributed by atoms with Crippen molar-refractivity contribution < 1.29 is 0 Å². The van der Waals surface area contributed by atoms with Gasteiger partial charge in [0.1, 0.15) is 0 Å². The molecule has 2 rings (SSSR count). The van der Waals surface area contributed by atoms with Gasteiger partial charge in [0, 0.05) is 18.3 Å². The minimum absolute atomic E-state index is 0.648. The molecule has 0 aromatic heterocycles. The van der Waals surface area contributed by atoms with Gasteiger partial charge in [-0.1, -0.05) is 32.1 Å². The minimum Gasteiger partial charge on any atom is -0.257 e. The van der Waals surface area contributed by atoms with Crippen molar-refractivity contribution in [3.05, 3.63) is 6.17 Å². The molecule has 0 unspecified atom stereocenters. The van der Waals surface area contributed by atoms with Crippen LogP contribution in [0.15, 0.2) is 9.98 Å². The molecule has 0 spiro atoms. The zero-order valence-electron chi connectivity index (χ0n) is 8.08. The van der Waals surface area contributed by atoms with Gasteiger partial charge in [-0.2, -0.15) is 0 Å². The van der Waals surface area contributed by atoms with E-state index in [2.05, 4.69) is 9.98 Å². The Morgan fingerprint density at radius 2 is 1.38 bits per heavy atom. The van der Waals surface area contributed by atoms with E-state index in [1.807, 2.05) is 12.4 Å². The number of hydrogen-bond donors (Lipinski definition) is 0. The Kier molecular flexibility index (Phi) is 3.11. The van der Waals surface area contributed by atoms with Crippen molar-refractivity contribution in [2.45, 2.75) is 44.9 Å². The first-order chi connectivity index (χ1) is 6.47. The maximum atomic E-state index is 4.30. The molecule has 0 saturated heterocycles. The number of rotatable bonds is 1. The molecule has 1 fully saturated rings. The normalized spacial score (nSPS) is 26.2. The van der Waals surface area contributed by atoms with Crippen LogP contribution in [-0.2, 0) is 0 Å². The van der Waals surface area contributed by atoms with E-state index >= 15 is 0 Å². The van der Waals surface area contributed by atoms with E-state index < -0.39 is 0 Å². The van der Waals surface area contributed by atoms with E-state index in [0.717, 1.165) is 6.17 Å². The summed E-state index contributed by atoms with van der Waals surface area (Å²) in [6.07, 6.45) is 14.2. The lowest BCUT2D eigenvalue weighted by Crippen LogP contribution is -2.09. The van der Waals surface area contributed by atoms with Crippen LogP contribution >= 0.6 is 0 Å². The van der Waals surface area contributed by atoms with Gasteiger partial charge in [-0.25, -0.2) is 0 Å². The molecule has 0 bridgehead atoms. The predicted molar refractivity (Wildman–Crippen MR) is 56.0 cm³/mol. The summed E-state index contributed by atoms with van der Waals surface area (Å²) in [5.41, 5.74) is 0. The van der Waals surface area contributed by atoms with E-state index in [1.165, 1.54) is 44.9 Å². The molecule has 0 atom stereocenters. The van der Waals surface area contributed by atoms with Crippen molar-refractivity contribution >= 4 is 12.4 Å². The lowest BCUT2D eigenvalue weighted by atomic mass is 9.89. The van der Waals surface area contributed by atoms with E-state index in [1.54, 1.807) is 0 Å². The molecule has 0 N–H and O–H groups in total. The van der Waals surface area contributed by atoms with Gasteiger partial charge in [0.15, 0.2) is 6.17 Å². The van der Waals surface area contributed by atoms with Crippen molar-refractivity contribution in [3.63, 3.8) is 0 Å². The summed E-state index contributed by atoms with van der Waals surface area (Å²) in [7, 11) is 0. The molecule has 0 aromatic carbocycles. The lowest BCUT2D eigenvalue weighted by Gasteiger charge is -2.20. The number of nitrogens with zero attached hydrogens (tertiary/aromatic N) is 2. The van der Waals surface area contributed by atoms with Crippen LogP contribution in [0.3, 0.4) is 0 Å². The molecule has 1 heterocycles. The highest BCUT2D eigenvalue weighted by molar-refractivity contribution is 6.18. The van der Waals surface area contributed by atoms with Crippen LogP contribution in [0.5, 0.6) is 0 Å². The SMILES string of the molecule is C1=N[C](C2CCCCCCC2)N=C1. The zero-order chi connectivity index (χ0) is 8.93. The first kappa shape index (κ1) is 8.92. The summed E-state index contributed by atoms with van der Waals surface area (Å²) >= 11 is 0. The van der Waals surface area contributed by atoms with Gasteiger partial charge >= 0.3 is 0 Å². The first-order valence-corrected chi connectivity index (χ1v) is 5.40. The zero-order valence-corrected chi connectivity index (χ0v) is 8.08. The lowest BCUT2D eigenvalue weighted by molar-refractivity contribution is 0.385. The average Bonchev–Trinajstić information content (AvgIpc) is 2.55. The molecule has 71 valence electrons. The Labute approximate surface area is 80.2 Å². The average molecular weight is 177 g/mol. The predicted octanol–water partition coefficient (Wildman–Crippen LogP) is 2.99. The smallest absolute Gasteiger partial charge is 0.197 e. The fourth-order valence-electron chi connectivity index (χ4n) is 2.18. The van der Waals surface area contributed by atoms with Crippen LogP contribution in [0.4, 0.5) is 0 Å². The molecule has 0 amide bonds. The summed E-state index contributed by atoms with van der Waals surface area (Å²) in [6, 6.07) is 0. The van der Waals surface area contributed by atoms with Crippen LogP contribution in [0, 0.1) is 12.1 Å². The summed E-state index contributed by atoms with van der Waals surface area (Å²) in [5, 5.41) is 0. The third-order valence-electron chi connectivity index (χ3n) is 2.95. The molecule has 2 nitrogen and oxygen atoms in total. The second-order valence-electron chi connectivity index (χ2n) is 3.96. The Balaban J connectivity index is 1.88. The standard InChI is InChI=1S/C11H17N2/c1-2-4-6-10(7-5-3-1)11-12-8-9-13-11/h8-10H,1-7H2. The molecular formula is C11H17N2. The highest BCUT2D eigenvalue weighted by Crippen LogP contribution is 2.31. The van der Waals surface area contributed by atoms with Gasteiger partial charge in [-0.05, 0) is 12.8 Å². The van der Waals surface area contributed by atoms with Crippen molar-refractivity contribution in [1.82, 2.24) is 0 Å². The molecule has 2 aliphatic rings. The van der Waals surface area contributed by atoms with Crippen LogP contribution < -0.4 is 0 Å². The van der Waals surface area contributed by atoms with Crippen LogP contribution in [0.2, 0.25) is 0 Å². The van der Waals surface area contributed by atoms with Crippen molar-refractivity contribution in [3.8, 4) is 0 Å².